The summed E-state index contributed by atoms with van der Waals surface area (Å²) in [4.78, 5) is 0. The van der Waals surface area contributed by atoms with Gasteiger partial charge in [0.15, 0.2) is 0 Å². The Morgan fingerprint density at radius 3 is 2.67 bits per heavy atom. The van der Waals surface area contributed by atoms with Crippen molar-refractivity contribution in [2.75, 3.05) is 6.61 Å². The van der Waals surface area contributed by atoms with Crippen LogP contribution in [0.5, 0.6) is 0 Å². The summed E-state index contributed by atoms with van der Waals surface area (Å²) in [7, 11) is 0. The summed E-state index contributed by atoms with van der Waals surface area (Å²) in [6.07, 6.45) is 15.3. The smallest absolute Gasteiger partial charge is 0.0786 e. The van der Waals surface area contributed by atoms with Crippen molar-refractivity contribution in [3.05, 3.63) is 60.2 Å². The zero-order valence-corrected chi connectivity index (χ0v) is 16.4. The first kappa shape index (κ1) is 20.3. The Morgan fingerprint density at radius 1 is 1.11 bits per heavy atom. The molecule has 2 bridgehead atoms. The Bertz CT molecular complexity index is 609. The number of aliphatic hydroxyl groups is 2. The highest BCUT2D eigenvalue weighted by molar-refractivity contribution is 5.22. The molecule has 0 radical (unpaired) electrons. The highest BCUT2D eigenvalue weighted by Crippen LogP contribution is 2.46. The molecular weight excluding hydrogens is 336 g/mol. The van der Waals surface area contributed by atoms with Gasteiger partial charge in [0.25, 0.3) is 0 Å². The third kappa shape index (κ3) is 5.31. The Labute approximate surface area is 163 Å². The van der Waals surface area contributed by atoms with Crippen LogP contribution in [0.1, 0.15) is 56.9 Å². The molecule has 2 heterocycles. The van der Waals surface area contributed by atoms with Crippen LogP contribution in [0.2, 0.25) is 0 Å². The maximum atomic E-state index is 10.6. The van der Waals surface area contributed by atoms with Crippen LogP contribution < -0.4 is 0 Å². The van der Waals surface area contributed by atoms with E-state index in [-0.39, 0.29) is 12.5 Å². The Balaban J connectivity index is 1.53. The molecule has 2 fully saturated rings. The predicted molar refractivity (Wildman–Crippen MR) is 110 cm³/mol. The van der Waals surface area contributed by atoms with Gasteiger partial charge < -0.3 is 14.9 Å². The van der Waals surface area contributed by atoms with E-state index >= 15 is 0 Å². The van der Waals surface area contributed by atoms with Crippen molar-refractivity contribution in [3.63, 3.8) is 0 Å². The van der Waals surface area contributed by atoms with Crippen molar-refractivity contribution in [3.8, 4) is 0 Å². The molecule has 3 heteroatoms. The van der Waals surface area contributed by atoms with Gasteiger partial charge in [-0.05, 0) is 43.6 Å². The van der Waals surface area contributed by atoms with Crippen molar-refractivity contribution in [2.24, 2.45) is 11.8 Å². The summed E-state index contributed by atoms with van der Waals surface area (Å²) in [5.41, 5.74) is 1.17. The third-order valence-electron chi connectivity index (χ3n) is 6.28. The van der Waals surface area contributed by atoms with Gasteiger partial charge in [-0.25, -0.2) is 0 Å². The van der Waals surface area contributed by atoms with Gasteiger partial charge in [-0.15, -0.1) is 0 Å². The molecule has 0 amide bonds. The molecule has 27 heavy (non-hydrogen) atoms. The molecule has 2 saturated heterocycles. The third-order valence-corrected chi connectivity index (χ3v) is 6.28. The van der Waals surface area contributed by atoms with Gasteiger partial charge in [0.2, 0.25) is 0 Å². The van der Waals surface area contributed by atoms with E-state index in [0.717, 1.165) is 19.3 Å². The fraction of sp³-hybridized carbons (Fsp3) is 0.583. The van der Waals surface area contributed by atoms with Gasteiger partial charge in [0, 0.05) is 11.8 Å². The Hall–Kier alpha value is -1.42. The highest BCUT2D eigenvalue weighted by atomic mass is 16.5. The molecular formula is C24H34O3. The van der Waals surface area contributed by atoms with Crippen molar-refractivity contribution >= 4 is 0 Å². The first-order valence-corrected chi connectivity index (χ1v) is 10.5. The number of fused-ring (bicyclic) bond motifs is 2. The average Bonchev–Trinajstić information content (AvgIpc) is 3.30. The zero-order valence-electron chi connectivity index (χ0n) is 16.4. The zero-order chi connectivity index (χ0) is 19.1. The lowest BCUT2D eigenvalue weighted by Crippen LogP contribution is -2.26. The molecule has 1 aromatic carbocycles. The molecule has 2 aliphatic heterocycles. The van der Waals surface area contributed by atoms with E-state index in [2.05, 4.69) is 31.2 Å². The number of hydrogen-bond donors (Lipinski definition) is 2. The maximum absolute atomic E-state index is 10.6. The van der Waals surface area contributed by atoms with E-state index in [1.807, 2.05) is 30.4 Å². The molecule has 3 rings (SSSR count). The fourth-order valence-electron chi connectivity index (χ4n) is 4.65. The van der Waals surface area contributed by atoms with E-state index < -0.39 is 6.10 Å². The highest BCUT2D eigenvalue weighted by Gasteiger charge is 2.47. The van der Waals surface area contributed by atoms with Crippen molar-refractivity contribution < 1.29 is 14.9 Å². The molecule has 148 valence electrons. The van der Waals surface area contributed by atoms with Crippen LogP contribution in [-0.2, 0) is 4.74 Å². The van der Waals surface area contributed by atoms with Crippen LogP contribution in [0.3, 0.4) is 0 Å². The van der Waals surface area contributed by atoms with E-state index in [1.54, 1.807) is 0 Å². The van der Waals surface area contributed by atoms with Crippen molar-refractivity contribution in [1.29, 1.82) is 0 Å². The molecule has 6 atom stereocenters. The molecule has 0 saturated carbocycles. The first-order chi connectivity index (χ1) is 13.2. The SMILES string of the molecule is CC(c1ccccc1)C(O)C=C[C@H]1[C@@H](CCCCC=CCO)[C@H]2CC[C@@H]1O2. The second-order valence-electron chi connectivity index (χ2n) is 8.04. The lowest BCUT2D eigenvalue weighted by Gasteiger charge is -2.26. The Kier molecular flexibility index (Phi) is 7.69. The second-order valence-corrected chi connectivity index (χ2v) is 8.04. The van der Waals surface area contributed by atoms with Crippen molar-refractivity contribution in [2.45, 2.75) is 69.7 Å². The minimum Gasteiger partial charge on any atom is -0.392 e. The van der Waals surface area contributed by atoms with Crippen LogP contribution in [0.4, 0.5) is 0 Å². The van der Waals surface area contributed by atoms with Crippen LogP contribution >= 0.6 is 0 Å². The van der Waals surface area contributed by atoms with Gasteiger partial charge in [0.1, 0.15) is 0 Å². The minimum absolute atomic E-state index is 0.0960. The van der Waals surface area contributed by atoms with E-state index in [0.29, 0.717) is 24.0 Å². The summed E-state index contributed by atoms with van der Waals surface area (Å²) in [5, 5.41) is 19.4. The van der Waals surface area contributed by atoms with E-state index in [1.165, 1.54) is 24.8 Å². The summed E-state index contributed by atoms with van der Waals surface area (Å²) in [5.74, 6) is 1.12. The predicted octanol–water partition coefficient (Wildman–Crippen LogP) is 4.61. The molecule has 1 aromatic rings. The summed E-state index contributed by atoms with van der Waals surface area (Å²) in [6, 6.07) is 10.2. The maximum Gasteiger partial charge on any atom is 0.0786 e. The lowest BCUT2D eigenvalue weighted by atomic mass is 9.76. The Morgan fingerprint density at radius 2 is 1.89 bits per heavy atom. The topological polar surface area (TPSA) is 49.7 Å². The first-order valence-electron chi connectivity index (χ1n) is 10.5. The largest absolute Gasteiger partial charge is 0.392 e. The van der Waals surface area contributed by atoms with Crippen LogP contribution in [0, 0.1) is 11.8 Å². The summed E-state index contributed by atoms with van der Waals surface area (Å²) in [6.45, 7) is 2.22. The summed E-state index contributed by atoms with van der Waals surface area (Å²) >= 11 is 0. The molecule has 2 N–H and O–H groups in total. The number of rotatable bonds is 10. The normalized spacial score (nSPS) is 29.7. The molecule has 2 aliphatic rings. The number of hydrogen-bond acceptors (Lipinski definition) is 3. The van der Waals surface area contributed by atoms with Gasteiger partial charge in [0.05, 0.1) is 24.9 Å². The molecule has 3 nitrogen and oxygen atoms in total. The van der Waals surface area contributed by atoms with Crippen LogP contribution in [0.15, 0.2) is 54.6 Å². The van der Waals surface area contributed by atoms with Gasteiger partial charge >= 0.3 is 0 Å². The van der Waals surface area contributed by atoms with E-state index in [9.17, 15) is 5.11 Å². The molecule has 0 aromatic heterocycles. The number of benzene rings is 1. The molecule has 0 spiro atoms. The van der Waals surface area contributed by atoms with Crippen molar-refractivity contribution in [1.82, 2.24) is 0 Å². The minimum atomic E-state index is -0.462. The van der Waals surface area contributed by atoms with Crippen LogP contribution in [0.25, 0.3) is 0 Å². The monoisotopic (exact) mass is 370 g/mol. The van der Waals surface area contributed by atoms with Gasteiger partial charge in [-0.3, -0.25) is 0 Å². The number of unbranched alkanes of at least 4 members (excludes halogenated alkanes) is 2. The second kappa shape index (κ2) is 10.2. The van der Waals surface area contributed by atoms with Gasteiger partial charge in [-0.1, -0.05) is 68.0 Å². The number of aliphatic hydroxyl groups excluding tert-OH is 2. The quantitative estimate of drug-likeness (QED) is 0.467. The lowest BCUT2D eigenvalue weighted by molar-refractivity contribution is 0.0884. The average molecular weight is 371 g/mol. The fourth-order valence-corrected chi connectivity index (χ4v) is 4.65. The van der Waals surface area contributed by atoms with Gasteiger partial charge in [-0.2, -0.15) is 0 Å². The standard InChI is InChI=1S/C24H34O3/c1-18(19-10-6-5-7-11-19)22(26)14-13-21-20(23-15-16-24(21)27-23)12-8-3-2-4-9-17-25/h4-7,9-11,13-14,18,20-26H,2-3,8,12,15-17H2,1H3/t18?,20-,21+,22?,23-,24+/m1/s1. The van der Waals surface area contributed by atoms with E-state index in [4.69, 9.17) is 9.84 Å². The van der Waals surface area contributed by atoms with Crippen LogP contribution in [-0.4, -0.2) is 35.1 Å². The number of ether oxygens (including phenoxy) is 1. The summed E-state index contributed by atoms with van der Waals surface area (Å²) < 4.78 is 6.19. The number of allylic oxidation sites excluding steroid dienone is 1. The molecule has 2 unspecified atom stereocenters. The molecule has 0 aliphatic carbocycles.